The predicted molar refractivity (Wildman–Crippen MR) is 38.6 cm³/mol. The quantitative estimate of drug-likeness (QED) is 0.593. The van der Waals surface area contributed by atoms with Gasteiger partial charge in [-0.05, 0) is 12.5 Å². The molecule has 2 heteroatoms. The molecule has 0 aromatic rings. The lowest BCUT2D eigenvalue weighted by atomic mass is 10.2. The maximum atomic E-state index is 10.4. The van der Waals surface area contributed by atoms with Crippen molar-refractivity contribution >= 4 is 5.97 Å². The summed E-state index contributed by atoms with van der Waals surface area (Å²) in [5.41, 5.74) is 0.366. The molecule has 2 nitrogen and oxygen atoms in total. The maximum absolute atomic E-state index is 10.4. The van der Waals surface area contributed by atoms with Gasteiger partial charge in [0.2, 0.25) is 0 Å². The molecule has 0 unspecified atom stereocenters. The van der Waals surface area contributed by atoms with Gasteiger partial charge in [-0.15, -0.1) is 0 Å². The van der Waals surface area contributed by atoms with Crippen LogP contribution in [-0.4, -0.2) is 11.1 Å². The van der Waals surface area contributed by atoms with Crippen molar-refractivity contribution in [3.05, 3.63) is 36.0 Å². The van der Waals surface area contributed by atoms with Crippen LogP contribution in [0.3, 0.4) is 0 Å². The van der Waals surface area contributed by atoms with Crippen LogP contribution in [0.5, 0.6) is 0 Å². The largest absolute Gasteiger partial charge is 0.478 e. The highest BCUT2D eigenvalue weighted by atomic mass is 16.4. The molecule has 0 radical (unpaired) electrons. The van der Waals surface area contributed by atoms with Crippen molar-refractivity contribution < 1.29 is 9.90 Å². The highest BCUT2D eigenvalue weighted by molar-refractivity contribution is 5.89. The zero-order valence-electron chi connectivity index (χ0n) is 5.45. The molecular formula is C8H8O2. The number of carbonyl (C=O) groups is 1. The SMILES string of the molecule is O=C(O)C1=CCC=CC=C1. The van der Waals surface area contributed by atoms with E-state index in [2.05, 4.69) is 0 Å². The number of hydrogen-bond donors (Lipinski definition) is 1. The lowest BCUT2D eigenvalue weighted by Gasteiger charge is -1.89. The number of carboxylic acid groups (broad SMARTS) is 1. The minimum absolute atomic E-state index is 0.366. The molecule has 0 spiro atoms. The molecule has 0 saturated carbocycles. The van der Waals surface area contributed by atoms with Crippen LogP contribution in [0.4, 0.5) is 0 Å². The molecule has 0 aromatic heterocycles. The second-order valence-corrected chi connectivity index (χ2v) is 1.99. The third kappa shape index (κ3) is 1.58. The van der Waals surface area contributed by atoms with E-state index in [1.165, 1.54) is 0 Å². The van der Waals surface area contributed by atoms with E-state index in [-0.39, 0.29) is 0 Å². The van der Waals surface area contributed by atoms with Crippen LogP contribution in [-0.2, 0) is 4.79 Å². The highest BCUT2D eigenvalue weighted by Crippen LogP contribution is 2.04. The molecular weight excluding hydrogens is 128 g/mol. The van der Waals surface area contributed by atoms with Crippen molar-refractivity contribution in [3.8, 4) is 0 Å². The Morgan fingerprint density at radius 1 is 1.50 bits per heavy atom. The Kier molecular flexibility index (Phi) is 2.05. The highest BCUT2D eigenvalue weighted by Gasteiger charge is 2.01. The van der Waals surface area contributed by atoms with Gasteiger partial charge in [-0.1, -0.05) is 24.3 Å². The fourth-order valence-electron chi connectivity index (χ4n) is 0.738. The van der Waals surface area contributed by atoms with E-state index in [0.717, 1.165) is 0 Å². The molecule has 0 amide bonds. The summed E-state index contributed by atoms with van der Waals surface area (Å²) < 4.78 is 0. The van der Waals surface area contributed by atoms with E-state index in [0.29, 0.717) is 12.0 Å². The van der Waals surface area contributed by atoms with Gasteiger partial charge in [0.05, 0.1) is 5.57 Å². The number of hydrogen-bond acceptors (Lipinski definition) is 1. The van der Waals surface area contributed by atoms with Crippen molar-refractivity contribution in [1.82, 2.24) is 0 Å². The van der Waals surface area contributed by atoms with E-state index in [1.807, 2.05) is 12.2 Å². The van der Waals surface area contributed by atoms with Gasteiger partial charge >= 0.3 is 5.97 Å². The normalized spacial score (nSPS) is 16.2. The third-order valence-electron chi connectivity index (χ3n) is 1.24. The maximum Gasteiger partial charge on any atom is 0.335 e. The Hall–Kier alpha value is -1.31. The van der Waals surface area contributed by atoms with Crippen LogP contribution in [0.15, 0.2) is 36.0 Å². The molecule has 10 heavy (non-hydrogen) atoms. The fourth-order valence-corrected chi connectivity index (χ4v) is 0.738. The standard InChI is InChI=1S/C8H8O2/c9-8(10)7-5-3-1-2-4-6-7/h1-3,5-6H,4H2,(H,9,10). The Balaban J connectivity index is 2.78. The van der Waals surface area contributed by atoms with Gasteiger partial charge < -0.3 is 5.11 Å². The number of aliphatic carboxylic acids is 1. The number of carboxylic acids is 1. The molecule has 1 N–H and O–H groups in total. The van der Waals surface area contributed by atoms with Gasteiger partial charge in [-0.3, -0.25) is 0 Å². The Labute approximate surface area is 59.2 Å². The monoisotopic (exact) mass is 136 g/mol. The minimum Gasteiger partial charge on any atom is -0.478 e. The smallest absolute Gasteiger partial charge is 0.335 e. The lowest BCUT2D eigenvalue weighted by Crippen LogP contribution is -1.96. The third-order valence-corrected chi connectivity index (χ3v) is 1.24. The van der Waals surface area contributed by atoms with E-state index >= 15 is 0 Å². The topological polar surface area (TPSA) is 37.3 Å². The fraction of sp³-hybridized carbons (Fsp3) is 0.125. The molecule has 0 heterocycles. The van der Waals surface area contributed by atoms with Crippen molar-refractivity contribution in [1.29, 1.82) is 0 Å². The van der Waals surface area contributed by atoms with Crippen LogP contribution < -0.4 is 0 Å². The van der Waals surface area contributed by atoms with E-state index in [4.69, 9.17) is 5.11 Å². The molecule has 0 saturated heterocycles. The molecule has 0 aromatic carbocycles. The Morgan fingerprint density at radius 3 is 3.00 bits per heavy atom. The Morgan fingerprint density at radius 2 is 2.30 bits per heavy atom. The Bertz CT molecular complexity index is 221. The average molecular weight is 136 g/mol. The lowest BCUT2D eigenvalue weighted by molar-refractivity contribution is -0.132. The van der Waals surface area contributed by atoms with Gasteiger partial charge in [-0.25, -0.2) is 4.79 Å². The summed E-state index contributed by atoms with van der Waals surface area (Å²) in [6, 6.07) is 0. The van der Waals surface area contributed by atoms with Crippen molar-refractivity contribution in [2.75, 3.05) is 0 Å². The van der Waals surface area contributed by atoms with Crippen LogP contribution in [0.2, 0.25) is 0 Å². The second-order valence-electron chi connectivity index (χ2n) is 1.99. The van der Waals surface area contributed by atoms with Crippen LogP contribution in [0, 0.1) is 0 Å². The molecule has 1 aliphatic carbocycles. The average Bonchev–Trinajstić information content (AvgIpc) is 2.12. The van der Waals surface area contributed by atoms with Crippen molar-refractivity contribution in [2.24, 2.45) is 0 Å². The van der Waals surface area contributed by atoms with Crippen molar-refractivity contribution in [3.63, 3.8) is 0 Å². The predicted octanol–water partition coefficient (Wildman–Crippen LogP) is 1.51. The summed E-state index contributed by atoms with van der Waals surface area (Å²) in [5.74, 6) is -0.861. The first kappa shape index (κ1) is 6.81. The van der Waals surface area contributed by atoms with Gasteiger partial charge in [-0.2, -0.15) is 0 Å². The zero-order valence-corrected chi connectivity index (χ0v) is 5.45. The first-order chi connectivity index (χ1) is 4.80. The summed E-state index contributed by atoms with van der Waals surface area (Å²) in [7, 11) is 0. The summed E-state index contributed by atoms with van der Waals surface area (Å²) >= 11 is 0. The first-order valence-electron chi connectivity index (χ1n) is 3.07. The second kappa shape index (κ2) is 3.01. The first-order valence-corrected chi connectivity index (χ1v) is 3.07. The molecule has 52 valence electrons. The van der Waals surface area contributed by atoms with Gasteiger partial charge in [0, 0.05) is 0 Å². The number of rotatable bonds is 1. The van der Waals surface area contributed by atoms with Gasteiger partial charge in [0.25, 0.3) is 0 Å². The van der Waals surface area contributed by atoms with Crippen molar-refractivity contribution in [2.45, 2.75) is 6.42 Å². The molecule has 0 aliphatic heterocycles. The van der Waals surface area contributed by atoms with Gasteiger partial charge in [0.1, 0.15) is 0 Å². The van der Waals surface area contributed by atoms with Crippen LogP contribution in [0.1, 0.15) is 6.42 Å². The van der Waals surface area contributed by atoms with Crippen LogP contribution in [0.25, 0.3) is 0 Å². The van der Waals surface area contributed by atoms with E-state index < -0.39 is 5.97 Å². The van der Waals surface area contributed by atoms with Crippen LogP contribution >= 0.6 is 0 Å². The summed E-state index contributed by atoms with van der Waals surface area (Å²) in [5, 5.41) is 8.52. The molecule has 0 bridgehead atoms. The van der Waals surface area contributed by atoms with E-state index in [1.54, 1.807) is 18.2 Å². The molecule has 1 aliphatic rings. The number of allylic oxidation sites excluding steroid dienone is 4. The van der Waals surface area contributed by atoms with Gasteiger partial charge in [0.15, 0.2) is 0 Å². The molecule has 0 atom stereocenters. The summed E-state index contributed by atoms with van der Waals surface area (Å²) in [6.07, 6.45) is 9.45. The molecule has 0 fully saturated rings. The minimum atomic E-state index is -0.861. The molecule has 1 rings (SSSR count). The van der Waals surface area contributed by atoms with E-state index in [9.17, 15) is 4.79 Å². The zero-order chi connectivity index (χ0) is 7.40. The summed E-state index contributed by atoms with van der Waals surface area (Å²) in [6.45, 7) is 0. The summed E-state index contributed by atoms with van der Waals surface area (Å²) in [4.78, 5) is 10.4.